The molecule has 0 saturated heterocycles. The molecule has 0 bridgehead atoms. The summed E-state index contributed by atoms with van der Waals surface area (Å²) in [5.74, 6) is 0. The van der Waals surface area contributed by atoms with Crippen molar-refractivity contribution >= 4 is 34.6 Å². The fraction of sp³-hybridized carbons (Fsp3) is 0.667. The molecule has 0 fully saturated rings. The van der Waals surface area contributed by atoms with Gasteiger partial charge in [0.2, 0.25) is 0 Å². The Balaban J connectivity index is 2.84. The van der Waals surface area contributed by atoms with E-state index < -0.39 is 0 Å². The molecule has 0 spiro atoms. The molecular formula is C3H8INP2+2. The Kier molecular flexibility index (Phi) is 2.49. The molecule has 1 unspecified atom stereocenters. The molecule has 1 rings (SSSR count). The van der Waals surface area contributed by atoms with Crippen LogP contribution < -0.4 is 5.09 Å². The molecule has 0 aromatic carbocycles. The summed E-state index contributed by atoms with van der Waals surface area (Å²) in [4.78, 5) is 0. The molecule has 0 aliphatic carbocycles. The van der Waals surface area contributed by atoms with E-state index in [2.05, 4.69) is 18.4 Å². The third-order valence-corrected chi connectivity index (χ3v) is 20.6. The normalized spacial score (nSPS) is 25.0. The van der Waals surface area contributed by atoms with E-state index in [0.29, 0.717) is 5.25 Å². The van der Waals surface area contributed by atoms with Crippen LogP contribution in [0.2, 0.25) is 0 Å². The number of hydrogen-bond acceptors (Lipinski definition) is 1. The van der Waals surface area contributed by atoms with Crippen LogP contribution in [-0.4, -0.2) is 17.5 Å². The quantitative estimate of drug-likeness (QED) is 0.425. The van der Waals surface area contributed by atoms with E-state index in [1.165, 1.54) is 5.38 Å². The third-order valence-electron chi connectivity index (χ3n) is 0.764. The summed E-state index contributed by atoms with van der Waals surface area (Å²) in [5.41, 5.74) is 0. The molecule has 1 aliphatic heterocycles. The summed E-state index contributed by atoms with van der Waals surface area (Å²) < 4.78 is 1.56. The van der Waals surface area contributed by atoms with Gasteiger partial charge in [-0.2, -0.15) is 0 Å². The second-order valence-electron chi connectivity index (χ2n) is 1.14. The number of halogens is 1. The number of alkyl halides is 1. The molecule has 1 nitrogen and oxygen atoms in total. The Morgan fingerprint density at radius 1 is 2.00 bits per heavy atom. The van der Waals surface area contributed by atoms with E-state index in [9.17, 15) is 0 Å². The second kappa shape index (κ2) is 2.72. The van der Waals surface area contributed by atoms with Crippen LogP contribution in [0.25, 0.3) is 0 Å². The Labute approximate surface area is 51.0 Å². The Morgan fingerprint density at radius 2 is 2.71 bits per heavy atom. The standard InChI is InChI=1S/C3H8INP2/c1-5-7-3-4(7)6-2/h5H,2-3H2,1H3/q+2. The van der Waals surface area contributed by atoms with Gasteiger partial charge in [0.05, 0.1) is 0 Å². The average molecular weight is 247 g/mol. The van der Waals surface area contributed by atoms with E-state index in [-0.39, 0.29) is 17.7 Å². The van der Waals surface area contributed by atoms with Gasteiger partial charge in [0.25, 0.3) is 0 Å². The van der Waals surface area contributed by atoms with Crippen LogP contribution in [-0.2, 0) is 0 Å². The predicted octanol–water partition coefficient (Wildman–Crippen LogP) is 2.29. The zero-order valence-electron chi connectivity index (χ0n) is 4.19. The summed E-state index contributed by atoms with van der Waals surface area (Å²) in [5, 5.41) is 5.24. The molecule has 0 aromatic heterocycles. The number of hydrogen-bond donors (Lipinski definition) is 1. The minimum atomic E-state index is -0.345. The fourth-order valence-corrected chi connectivity index (χ4v) is 22.3. The van der Waals surface area contributed by atoms with Crippen molar-refractivity contribution in [3.8, 4) is 0 Å². The Morgan fingerprint density at radius 3 is 2.86 bits per heavy atom. The Hall–Kier alpha value is 1.29. The Bertz CT molecular complexity index is 185. The SMILES string of the molecule is C=[P+]=I1=[P+](NC)C1. The zero-order valence-corrected chi connectivity index (χ0v) is 8.13. The summed E-state index contributed by atoms with van der Waals surface area (Å²) in [7, 11) is 2.08. The molecular weight excluding hydrogens is 239 g/mol. The van der Waals surface area contributed by atoms with E-state index in [1.807, 2.05) is 0 Å². The molecule has 7 heavy (non-hydrogen) atoms. The molecule has 1 aliphatic rings. The molecule has 0 saturated carbocycles. The van der Waals surface area contributed by atoms with Gasteiger partial charge in [-0.3, -0.25) is 0 Å². The van der Waals surface area contributed by atoms with Crippen molar-refractivity contribution in [1.29, 1.82) is 0 Å². The van der Waals surface area contributed by atoms with Crippen LogP contribution in [0.4, 0.5) is 0 Å². The van der Waals surface area contributed by atoms with Gasteiger partial charge >= 0.3 is 50.9 Å². The maximum atomic E-state index is 3.86. The summed E-state index contributed by atoms with van der Waals surface area (Å²) in [6.07, 6.45) is 3.86. The van der Waals surface area contributed by atoms with Crippen molar-refractivity contribution in [3.05, 3.63) is 0 Å². The summed E-state index contributed by atoms with van der Waals surface area (Å²) in [6, 6.07) is 0. The third kappa shape index (κ3) is 1.60. The average Bonchev–Trinajstić information content (AvgIpc) is 2.43. The molecule has 0 radical (unpaired) electrons. The van der Waals surface area contributed by atoms with Crippen molar-refractivity contribution in [1.82, 2.24) is 5.09 Å². The first-order valence-corrected chi connectivity index (χ1v) is 11.7. The topological polar surface area (TPSA) is 12.0 Å². The fourth-order valence-electron chi connectivity index (χ4n) is 0.333. The minimum absolute atomic E-state index is 0.345. The molecule has 1 N–H and O–H groups in total. The van der Waals surface area contributed by atoms with E-state index in [0.717, 1.165) is 0 Å². The number of rotatable bonds is 1. The van der Waals surface area contributed by atoms with Gasteiger partial charge in [0.1, 0.15) is 0 Å². The zero-order chi connectivity index (χ0) is 5.28. The second-order valence-corrected chi connectivity index (χ2v) is 19.4. The van der Waals surface area contributed by atoms with E-state index in [1.54, 1.807) is 4.17 Å². The molecule has 0 amide bonds. The van der Waals surface area contributed by atoms with Crippen LogP contribution in [0.5, 0.6) is 0 Å². The van der Waals surface area contributed by atoms with Crippen LogP contribution >= 0.6 is 28.3 Å². The monoisotopic (exact) mass is 247 g/mol. The van der Waals surface area contributed by atoms with E-state index >= 15 is 0 Å². The van der Waals surface area contributed by atoms with Crippen molar-refractivity contribution in [2.75, 3.05) is 11.2 Å². The summed E-state index contributed by atoms with van der Waals surface area (Å²) >= 11 is -0.345. The van der Waals surface area contributed by atoms with Crippen molar-refractivity contribution < 1.29 is 0 Å². The van der Waals surface area contributed by atoms with Crippen molar-refractivity contribution in [2.45, 2.75) is 0 Å². The van der Waals surface area contributed by atoms with Crippen molar-refractivity contribution in [2.24, 2.45) is 0 Å². The van der Waals surface area contributed by atoms with Gasteiger partial charge in [-0.1, -0.05) is 0 Å². The summed E-state index contributed by atoms with van der Waals surface area (Å²) in [6.45, 7) is 0. The van der Waals surface area contributed by atoms with Gasteiger partial charge in [-0.15, -0.1) is 0 Å². The van der Waals surface area contributed by atoms with Gasteiger partial charge in [-0.05, 0) is 0 Å². The first-order valence-electron chi connectivity index (χ1n) is 1.96. The van der Waals surface area contributed by atoms with Crippen LogP contribution in [0.1, 0.15) is 0 Å². The molecule has 40 valence electrons. The molecule has 0 aromatic rings. The van der Waals surface area contributed by atoms with Gasteiger partial charge in [0, 0.05) is 0 Å². The van der Waals surface area contributed by atoms with Crippen LogP contribution in [0.3, 0.4) is 0 Å². The maximum absolute atomic E-state index is 3.86. The predicted molar refractivity (Wildman–Crippen MR) is 48.9 cm³/mol. The molecule has 1 atom stereocenters. The first kappa shape index (κ1) is 6.41. The van der Waals surface area contributed by atoms with Gasteiger partial charge < -0.3 is 0 Å². The molecule has 4 heteroatoms. The van der Waals surface area contributed by atoms with Crippen LogP contribution in [0, 0.1) is 0 Å². The van der Waals surface area contributed by atoms with E-state index in [4.69, 9.17) is 0 Å². The van der Waals surface area contributed by atoms with Crippen molar-refractivity contribution in [3.63, 3.8) is 0 Å². The molecule has 1 heterocycles. The van der Waals surface area contributed by atoms with Gasteiger partial charge in [-0.25, -0.2) is 0 Å². The van der Waals surface area contributed by atoms with Gasteiger partial charge in [0.15, 0.2) is 0 Å². The number of nitrogens with one attached hydrogen (secondary N) is 1. The first-order chi connectivity index (χ1) is 3.38. The van der Waals surface area contributed by atoms with Crippen LogP contribution in [0.15, 0.2) is 0 Å².